The monoisotopic (exact) mass is 343 g/mol. The number of carbonyl (C=O) groups is 1. The minimum atomic E-state index is -0.258. The molecule has 1 atom stereocenters. The van der Waals surface area contributed by atoms with Crippen LogP contribution in [0, 0.1) is 5.41 Å². The lowest BCUT2D eigenvalue weighted by Gasteiger charge is -2.44. The van der Waals surface area contributed by atoms with E-state index in [2.05, 4.69) is 43.3 Å². The highest BCUT2D eigenvalue weighted by atomic mass is 32.1. The predicted octanol–water partition coefficient (Wildman–Crippen LogP) is 5.14. The van der Waals surface area contributed by atoms with E-state index in [0.717, 1.165) is 24.8 Å². The van der Waals surface area contributed by atoms with Crippen molar-refractivity contribution in [2.75, 3.05) is 0 Å². The Morgan fingerprint density at radius 2 is 2.09 bits per heavy atom. The Morgan fingerprint density at radius 1 is 1.26 bits per heavy atom. The van der Waals surface area contributed by atoms with E-state index in [1.807, 2.05) is 5.51 Å². The molecular formula is C19H21NOS2. The quantitative estimate of drug-likeness (QED) is 0.755. The molecule has 2 aromatic rings. The molecule has 4 heteroatoms. The number of thiophene rings is 1. The molecule has 0 saturated carbocycles. The first-order valence-corrected chi connectivity index (χ1v) is 9.96. The Morgan fingerprint density at radius 3 is 2.78 bits per heavy atom. The maximum Gasteiger partial charge on any atom is 0.160 e. The molecule has 0 fully saturated rings. The zero-order chi connectivity index (χ0) is 16.2. The van der Waals surface area contributed by atoms with Gasteiger partial charge in [-0.25, -0.2) is 4.98 Å². The van der Waals surface area contributed by atoms with Crippen molar-refractivity contribution in [1.29, 1.82) is 0 Å². The molecule has 2 aromatic heterocycles. The van der Waals surface area contributed by atoms with Gasteiger partial charge in [0.05, 0.1) is 16.6 Å². The van der Waals surface area contributed by atoms with Crippen LogP contribution in [-0.2, 0) is 16.6 Å². The molecule has 1 unspecified atom stereocenters. The summed E-state index contributed by atoms with van der Waals surface area (Å²) in [5.74, 6) is 0.352. The zero-order valence-electron chi connectivity index (χ0n) is 13.8. The van der Waals surface area contributed by atoms with Crippen molar-refractivity contribution in [3.8, 4) is 0 Å². The number of Topliss-reactive ketones (excluding diaryl/α,β-unsaturated/α-hetero) is 1. The molecule has 0 N–H and O–H groups in total. The average molecular weight is 344 g/mol. The number of hydrogen-bond acceptors (Lipinski definition) is 4. The van der Waals surface area contributed by atoms with Gasteiger partial charge in [-0.2, -0.15) is 0 Å². The van der Waals surface area contributed by atoms with Crippen molar-refractivity contribution in [3.05, 3.63) is 49.6 Å². The van der Waals surface area contributed by atoms with E-state index in [-0.39, 0.29) is 10.8 Å². The third-order valence-electron chi connectivity index (χ3n) is 5.27. The molecular weight excluding hydrogens is 322 g/mol. The van der Waals surface area contributed by atoms with E-state index in [0.29, 0.717) is 12.2 Å². The molecule has 0 aliphatic heterocycles. The van der Waals surface area contributed by atoms with Gasteiger partial charge in [0, 0.05) is 28.2 Å². The van der Waals surface area contributed by atoms with Gasteiger partial charge in [-0.1, -0.05) is 32.4 Å². The number of hydrogen-bond donors (Lipinski definition) is 0. The van der Waals surface area contributed by atoms with Crippen LogP contribution in [0.2, 0.25) is 0 Å². The van der Waals surface area contributed by atoms with Crippen LogP contribution in [-0.4, -0.2) is 10.8 Å². The Hall–Kier alpha value is -1.26. The average Bonchev–Trinajstić information content (AvgIpc) is 3.14. The number of carbonyl (C=O) groups excluding carboxylic acids is 1. The second-order valence-electron chi connectivity index (χ2n) is 7.46. The number of aromatic nitrogens is 1. The van der Waals surface area contributed by atoms with Crippen molar-refractivity contribution >= 4 is 28.5 Å². The molecule has 2 aliphatic carbocycles. The minimum Gasteiger partial charge on any atom is -0.294 e. The molecule has 120 valence electrons. The molecule has 0 spiro atoms. The normalized spacial score (nSPS) is 26.1. The van der Waals surface area contributed by atoms with Crippen molar-refractivity contribution in [3.63, 3.8) is 0 Å². The molecule has 4 rings (SSSR count). The van der Waals surface area contributed by atoms with Crippen LogP contribution in [0.1, 0.15) is 55.5 Å². The highest BCUT2D eigenvalue weighted by Crippen LogP contribution is 2.55. The number of rotatable bonds is 2. The van der Waals surface area contributed by atoms with Gasteiger partial charge in [0.2, 0.25) is 0 Å². The number of fused-ring (bicyclic) bond motifs is 1. The van der Waals surface area contributed by atoms with Gasteiger partial charge >= 0.3 is 0 Å². The predicted molar refractivity (Wildman–Crippen MR) is 96.3 cm³/mol. The summed E-state index contributed by atoms with van der Waals surface area (Å²) in [7, 11) is 0. The third kappa shape index (κ3) is 2.11. The molecule has 2 heterocycles. The number of thiazole rings is 1. The zero-order valence-corrected chi connectivity index (χ0v) is 15.4. The molecule has 2 nitrogen and oxygen atoms in total. The fourth-order valence-electron chi connectivity index (χ4n) is 4.47. The lowest BCUT2D eigenvalue weighted by Crippen LogP contribution is -2.41. The summed E-state index contributed by atoms with van der Waals surface area (Å²) >= 11 is 3.49. The van der Waals surface area contributed by atoms with E-state index >= 15 is 0 Å². The van der Waals surface area contributed by atoms with Crippen LogP contribution in [0.15, 0.2) is 34.2 Å². The molecule has 0 radical (unpaired) electrons. The van der Waals surface area contributed by atoms with Crippen molar-refractivity contribution < 1.29 is 4.79 Å². The minimum absolute atomic E-state index is 0.0678. The van der Waals surface area contributed by atoms with E-state index in [1.165, 1.54) is 21.0 Å². The van der Waals surface area contributed by atoms with Gasteiger partial charge in [0.25, 0.3) is 0 Å². The van der Waals surface area contributed by atoms with Crippen LogP contribution in [0.3, 0.4) is 0 Å². The van der Waals surface area contributed by atoms with E-state index in [9.17, 15) is 4.79 Å². The van der Waals surface area contributed by atoms with Crippen LogP contribution in [0.5, 0.6) is 0 Å². The van der Waals surface area contributed by atoms with Crippen LogP contribution < -0.4 is 0 Å². The lowest BCUT2D eigenvalue weighted by atomic mass is 9.60. The van der Waals surface area contributed by atoms with Gasteiger partial charge in [-0.15, -0.1) is 22.7 Å². The first-order valence-electron chi connectivity index (χ1n) is 8.20. The van der Waals surface area contributed by atoms with Gasteiger partial charge in [-0.3, -0.25) is 4.79 Å². The van der Waals surface area contributed by atoms with Gasteiger partial charge in [0.1, 0.15) is 0 Å². The van der Waals surface area contributed by atoms with Crippen molar-refractivity contribution in [1.82, 2.24) is 4.98 Å². The highest BCUT2D eigenvalue weighted by molar-refractivity contribution is 7.11. The molecule has 0 amide bonds. The molecule has 2 aliphatic rings. The summed E-state index contributed by atoms with van der Waals surface area (Å²) < 4.78 is 0. The van der Waals surface area contributed by atoms with Gasteiger partial charge < -0.3 is 0 Å². The van der Waals surface area contributed by atoms with E-state index < -0.39 is 0 Å². The fraction of sp³-hybridized carbons (Fsp3) is 0.474. The fourth-order valence-corrected chi connectivity index (χ4v) is 6.64. The smallest absolute Gasteiger partial charge is 0.160 e. The maximum absolute atomic E-state index is 13.2. The SMILES string of the molecule is CCC1(c2cccs2)C2=C(Cc3ncsc31)CC(C)(C)CC2=O. The van der Waals surface area contributed by atoms with Crippen LogP contribution in [0.25, 0.3) is 0 Å². The number of ketones is 1. The topological polar surface area (TPSA) is 30.0 Å². The first kappa shape index (κ1) is 15.3. The summed E-state index contributed by atoms with van der Waals surface area (Å²) in [6, 6.07) is 4.30. The highest BCUT2D eigenvalue weighted by Gasteiger charge is 2.50. The molecule has 0 aromatic carbocycles. The standard InChI is InChI=1S/C19H21NOS2/c1-4-19(15-6-5-7-22-15)16-12(8-13-17(19)23-11-20-13)9-18(2,3)10-14(16)21/h5-7,11H,4,8-10H2,1-3H3. The summed E-state index contributed by atoms with van der Waals surface area (Å²) in [5, 5.41) is 2.12. The number of nitrogens with zero attached hydrogens (tertiary/aromatic N) is 1. The largest absolute Gasteiger partial charge is 0.294 e. The lowest BCUT2D eigenvalue weighted by molar-refractivity contribution is -0.118. The van der Waals surface area contributed by atoms with Crippen LogP contribution in [0.4, 0.5) is 0 Å². The summed E-state index contributed by atoms with van der Waals surface area (Å²) in [6.45, 7) is 6.64. The van der Waals surface area contributed by atoms with Crippen molar-refractivity contribution in [2.45, 2.75) is 51.9 Å². The Kier molecular flexibility index (Phi) is 3.40. The molecule has 0 saturated heterocycles. The summed E-state index contributed by atoms with van der Waals surface area (Å²) in [5.41, 5.74) is 5.38. The Bertz CT molecular complexity index is 797. The summed E-state index contributed by atoms with van der Waals surface area (Å²) in [4.78, 5) is 20.4. The maximum atomic E-state index is 13.2. The Balaban J connectivity index is 2.02. The summed E-state index contributed by atoms with van der Waals surface area (Å²) in [6.07, 6.45) is 3.45. The second kappa shape index (κ2) is 5.12. The van der Waals surface area contributed by atoms with Crippen molar-refractivity contribution in [2.24, 2.45) is 5.41 Å². The first-order chi connectivity index (χ1) is 11.0. The Labute approximate surface area is 145 Å². The molecule has 23 heavy (non-hydrogen) atoms. The third-order valence-corrected chi connectivity index (χ3v) is 7.33. The van der Waals surface area contributed by atoms with E-state index in [1.54, 1.807) is 22.7 Å². The van der Waals surface area contributed by atoms with Gasteiger partial charge in [-0.05, 0) is 29.7 Å². The molecule has 0 bridgehead atoms. The van der Waals surface area contributed by atoms with Crippen LogP contribution >= 0.6 is 22.7 Å². The van der Waals surface area contributed by atoms with Gasteiger partial charge in [0.15, 0.2) is 5.78 Å². The second-order valence-corrected chi connectivity index (χ2v) is 9.26. The number of allylic oxidation sites excluding steroid dienone is 2. The van der Waals surface area contributed by atoms with E-state index in [4.69, 9.17) is 0 Å².